The van der Waals surface area contributed by atoms with Crippen LogP contribution in [-0.4, -0.2) is 51.0 Å². The van der Waals surface area contributed by atoms with Crippen molar-refractivity contribution in [3.63, 3.8) is 0 Å². The molecule has 1 aliphatic heterocycles. The molecule has 3 aromatic rings. The summed E-state index contributed by atoms with van der Waals surface area (Å²) in [6.07, 6.45) is 3.87. The number of fused-ring (bicyclic) bond motifs is 1. The van der Waals surface area contributed by atoms with E-state index in [0.717, 1.165) is 35.0 Å². The van der Waals surface area contributed by atoms with Crippen molar-refractivity contribution in [3.05, 3.63) is 47.8 Å². The number of aryl methyl sites for hydroxylation is 1. The van der Waals surface area contributed by atoms with Gasteiger partial charge in [0.25, 0.3) is 5.91 Å². The van der Waals surface area contributed by atoms with Crippen LogP contribution in [0.25, 0.3) is 10.9 Å². The lowest BCUT2D eigenvalue weighted by Gasteiger charge is -2.18. The molecule has 5 rings (SSSR count). The van der Waals surface area contributed by atoms with Gasteiger partial charge in [0.15, 0.2) is 0 Å². The summed E-state index contributed by atoms with van der Waals surface area (Å²) in [5.74, 6) is 0.878. The van der Waals surface area contributed by atoms with Crippen molar-refractivity contribution >= 4 is 34.4 Å². The largest absolute Gasteiger partial charge is 0.465 e. The minimum Gasteiger partial charge on any atom is -0.465 e. The first-order valence-electron chi connectivity index (χ1n) is 10.5. The Morgan fingerprint density at radius 1 is 1.19 bits per heavy atom. The Balaban J connectivity index is 1.36. The Labute approximate surface area is 179 Å². The zero-order valence-corrected chi connectivity index (χ0v) is 17.2. The third kappa shape index (κ3) is 4.03. The summed E-state index contributed by atoms with van der Waals surface area (Å²) in [6, 6.07) is 9.27. The van der Waals surface area contributed by atoms with E-state index in [2.05, 4.69) is 26.8 Å². The van der Waals surface area contributed by atoms with Gasteiger partial charge in [-0.3, -0.25) is 9.48 Å². The van der Waals surface area contributed by atoms with Crippen molar-refractivity contribution in [1.29, 1.82) is 0 Å². The fraction of sp³-hybridized carbons (Fsp3) is 0.364. The van der Waals surface area contributed by atoms with Crippen LogP contribution in [0.2, 0.25) is 0 Å². The number of aromatic nitrogens is 3. The highest BCUT2D eigenvalue weighted by Gasteiger charge is 2.28. The standard InChI is InChI=1S/C22H24N6O3/c1-27-11-14-9-19(16(13-5-6-13)10-18(14)26-27)25-21(29)17-3-2-4-20(24-17)28-8-7-15(12-28)23-22(30)31/h2-4,9-11,13,15,23H,5-8,12H2,1H3,(H,25,29)(H,30,31)/t15-/m0/s1. The van der Waals surface area contributed by atoms with Crippen LogP contribution in [0.3, 0.4) is 0 Å². The Morgan fingerprint density at radius 3 is 2.81 bits per heavy atom. The van der Waals surface area contributed by atoms with Crippen LogP contribution >= 0.6 is 0 Å². The monoisotopic (exact) mass is 420 g/mol. The van der Waals surface area contributed by atoms with Crippen LogP contribution < -0.4 is 15.5 Å². The molecule has 3 N–H and O–H groups in total. The van der Waals surface area contributed by atoms with Gasteiger partial charge in [-0.15, -0.1) is 0 Å². The van der Waals surface area contributed by atoms with Gasteiger partial charge in [0.2, 0.25) is 0 Å². The molecule has 3 heterocycles. The molecule has 1 saturated heterocycles. The number of nitrogens with zero attached hydrogens (tertiary/aromatic N) is 4. The molecule has 31 heavy (non-hydrogen) atoms. The summed E-state index contributed by atoms with van der Waals surface area (Å²) in [7, 11) is 1.89. The lowest BCUT2D eigenvalue weighted by atomic mass is 10.1. The number of nitrogens with one attached hydrogen (secondary N) is 2. The molecule has 9 nitrogen and oxygen atoms in total. The van der Waals surface area contributed by atoms with E-state index >= 15 is 0 Å². The molecule has 2 aliphatic rings. The van der Waals surface area contributed by atoms with E-state index in [-0.39, 0.29) is 11.9 Å². The first-order chi connectivity index (χ1) is 15.0. The molecule has 0 unspecified atom stereocenters. The Hall–Kier alpha value is -3.62. The Morgan fingerprint density at radius 2 is 2.03 bits per heavy atom. The van der Waals surface area contributed by atoms with Gasteiger partial charge in [-0.05, 0) is 55.0 Å². The predicted molar refractivity (Wildman–Crippen MR) is 117 cm³/mol. The van der Waals surface area contributed by atoms with Gasteiger partial charge in [-0.2, -0.15) is 5.10 Å². The number of amides is 2. The summed E-state index contributed by atoms with van der Waals surface area (Å²) < 4.78 is 1.78. The number of carboxylic acid groups (broad SMARTS) is 1. The lowest BCUT2D eigenvalue weighted by molar-refractivity contribution is 0.102. The van der Waals surface area contributed by atoms with Crippen molar-refractivity contribution in [3.8, 4) is 0 Å². The van der Waals surface area contributed by atoms with Gasteiger partial charge in [0.05, 0.1) is 11.6 Å². The number of anilines is 2. The van der Waals surface area contributed by atoms with Crippen molar-refractivity contribution in [2.24, 2.45) is 7.05 Å². The maximum atomic E-state index is 13.0. The Kier molecular flexibility index (Phi) is 4.72. The zero-order chi connectivity index (χ0) is 21.5. The van der Waals surface area contributed by atoms with E-state index in [0.29, 0.717) is 36.9 Å². The van der Waals surface area contributed by atoms with E-state index in [9.17, 15) is 9.59 Å². The van der Waals surface area contributed by atoms with Gasteiger partial charge in [0.1, 0.15) is 11.5 Å². The van der Waals surface area contributed by atoms with E-state index in [1.165, 1.54) is 0 Å². The highest BCUT2D eigenvalue weighted by Crippen LogP contribution is 2.44. The van der Waals surface area contributed by atoms with Crippen LogP contribution in [0.1, 0.15) is 41.2 Å². The van der Waals surface area contributed by atoms with Crippen molar-refractivity contribution in [2.45, 2.75) is 31.2 Å². The summed E-state index contributed by atoms with van der Waals surface area (Å²) in [5, 5.41) is 20.0. The van der Waals surface area contributed by atoms with Crippen LogP contribution in [0.5, 0.6) is 0 Å². The van der Waals surface area contributed by atoms with Crippen molar-refractivity contribution in [2.75, 3.05) is 23.3 Å². The third-order valence-corrected chi connectivity index (χ3v) is 5.86. The van der Waals surface area contributed by atoms with Crippen LogP contribution in [0.4, 0.5) is 16.3 Å². The van der Waals surface area contributed by atoms with E-state index in [4.69, 9.17) is 5.11 Å². The number of pyridine rings is 1. The number of benzene rings is 1. The molecular formula is C22H24N6O3. The topological polar surface area (TPSA) is 112 Å². The molecule has 2 aromatic heterocycles. The maximum absolute atomic E-state index is 13.0. The number of hydrogen-bond acceptors (Lipinski definition) is 5. The summed E-state index contributed by atoms with van der Waals surface area (Å²) in [5.41, 5.74) is 3.20. The number of carbonyl (C=O) groups excluding carboxylic acids is 1. The van der Waals surface area contributed by atoms with E-state index < -0.39 is 6.09 Å². The molecule has 0 spiro atoms. The predicted octanol–water partition coefficient (Wildman–Crippen LogP) is 2.94. The summed E-state index contributed by atoms with van der Waals surface area (Å²) >= 11 is 0. The quantitative estimate of drug-likeness (QED) is 0.585. The average molecular weight is 420 g/mol. The molecule has 2 fully saturated rings. The number of carbonyl (C=O) groups is 2. The zero-order valence-electron chi connectivity index (χ0n) is 17.2. The fourth-order valence-corrected chi connectivity index (χ4v) is 4.22. The van der Waals surface area contributed by atoms with E-state index in [1.54, 1.807) is 16.8 Å². The molecule has 0 bridgehead atoms. The molecule has 0 radical (unpaired) electrons. The number of rotatable bonds is 5. The van der Waals surface area contributed by atoms with Crippen LogP contribution in [0.15, 0.2) is 36.5 Å². The highest BCUT2D eigenvalue weighted by molar-refractivity contribution is 6.04. The van der Waals surface area contributed by atoms with Gasteiger partial charge >= 0.3 is 6.09 Å². The second-order valence-corrected chi connectivity index (χ2v) is 8.29. The molecule has 2 amide bonds. The van der Waals surface area contributed by atoms with Crippen LogP contribution in [-0.2, 0) is 7.05 Å². The first kappa shape index (κ1) is 19.3. The highest BCUT2D eigenvalue weighted by atomic mass is 16.4. The maximum Gasteiger partial charge on any atom is 0.404 e. The first-order valence-corrected chi connectivity index (χ1v) is 10.5. The molecule has 1 aliphatic carbocycles. The Bertz CT molecular complexity index is 1170. The molecule has 9 heteroatoms. The summed E-state index contributed by atoms with van der Waals surface area (Å²) in [4.78, 5) is 30.4. The second kappa shape index (κ2) is 7.57. The van der Waals surface area contributed by atoms with Gasteiger partial charge in [0, 0.05) is 37.4 Å². The van der Waals surface area contributed by atoms with Crippen LogP contribution in [0, 0.1) is 0 Å². The van der Waals surface area contributed by atoms with Gasteiger partial charge in [-0.1, -0.05) is 6.07 Å². The summed E-state index contributed by atoms with van der Waals surface area (Å²) in [6.45, 7) is 1.22. The fourth-order valence-electron chi connectivity index (χ4n) is 4.22. The molecule has 1 atom stereocenters. The minimum atomic E-state index is -1.02. The smallest absolute Gasteiger partial charge is 0.404 e. The van der Waals surface area contributed by atoms with Gasteiger partial charge < -0.3 is 20.6 Å². The number of hydrogen-bond donors (Lipinski definition) is 3. The molecular weight excluding hydrogens is 396 g/mol. The van der Waals surface area contributed by atoms with E-state index in [1.807, 2.05) is 30.3 Å². The second-order valence-electron chi connectivity index (χ2n) is 8.29. The van der Waals surface area contributed by atoms with Crippen molar-refractivity contribution in [1.82, 2.24) is 20.1 Å². The molecule has 1 saturated carbocycles. The SMILES string of the molecule is Cn1cc2cc(NC(=O)c3cccc(N4CC[C@H](NC(=O)O)C4)n3)c(C3CC3)cc2n1. The average Bonchev–Trinajstić information content (AvgIpc) is 3.37. The molecule has 1 aromatic carbocycles. The lowest BCUT2D eigenvalue weighted by Crippen LogP contribution is -2.36. The third-order valence-electron chi connectivity index (χ3n) is 5.86. The minimum absolute atomic E-state index is 0.135. The molecule has 160 valence electrons. The van der Waals surface area contributed by atoms with Crippen molar-refractivity contribution < 1.29 is 14.7 Å². The van der Waals surface area contributed by atoms with Gasteiger partial charge in [-0.25, -0.2) is 9.78 Å². The normalized spacial score (nSPS) is 18.4.